The Bertz CT molecular complexity index is 620. The lowest BCUT2D eigenvalue weighted by molar-refractivity contribution is -0.135. The zero-order chi connectivity index (χ0) is 18.4. The lowest BCUT2D eigenvalue weighted by Gasteiger charge is -2.36. The quantitative estimate of drug-likeness (QED) is 0.758. The zero-order valence-corrected chi connectivity index (χ0v) is 16.1. The molecule has 0 aromatic heterocycles. The van der Waals surface area contributed by atoms with Gasteiger partial charge in [-0.25, -0.2) is 0 Å². The number of hydrogen-bond acceptors (Lipinski definition) is 6. The summed E-state index contributed by atoms with van der Waals surface area (Å²) in [6, 6.07) is 4.52. The molecule has 0 aliphatic carbocycles. The minimum atomic E-state index is -0.675. The first-order valence-electron chi connectivity index (χ1n) is 8.07. The summed E-state index contributed by atoms with van der Waals surface area (Å²) in [6.07, 6.45) is 0. The van der Waals surface area contributed by atoms with Gasteiger partial charge in [-0.1, -0.05) is 6.07 Å². The first-order chi connectivity index (χ1) is 12.0. The fourth-order valence-electron chi connectivity index (χ4n) is 2.84. The first-order valence-corrected chi connectivity index (χ1v) is 8.07. The van der Waals surface area contributed by atoms with Crippen LogP contribution >= 0.6 is 12.4 Å². The summed E-state index contributed by atoms with van der Waals surface area (Å²) in [5, 5.41) is 0. The van der Waals surface area contributed by atoms with Gasteiger partial charge >= 0.3 is 0 Å². The Morgan fingerprint density at radius 1 is 1.08 bits per heavy atom. The smallest absolute Gasteiger partial charge is 0.257 e. The SMILES string of the molecule is COCC(N)C(=O)N1CCN(C(=O)c2cccc(OC)c2OC)CC1.Cl. The number of carbonyl (C=O) groups excluding carboxylic acids is 2. The Labute approximate surface area is 159 Å². The second-order valence-corrected chi connectivity index (χ2v) is 5.72. The molecule has 1 atom stereocenters. The van der Waals surface area contributed by atoms with E-state index in [4.69, 9.17) is 19.9 Å². The van der Waals surface area contributed by atoms with E-state index < -0.39 is 6.04 Å². The van der Waals surface area contributed by atoms with Crippen molar-refractivity contribution in [1.82, 2.24) is 9.80 Å². The number of rotatable bonds is 6. The van der Waals surface area contributed by atoms with Crippen LogP contribution in [0.15, 0.2) is 18.2 Å². The molecule has 1 aliphatic heterocycles. The van der Waals surface area contributed by atoms with Crippen LogP contribution in [0.1, 0.15) is 10.4 Å². The lowest BCUT2D eigenvalue weighted by Crippen LogP contribution is -2.55. The highest BCUT2D eigenvalue weighted by molar-refractivity contribution is 5.98. The van der Waals surface area contributed by atoms with Crippen molar-refractivity contribution in [2.75, 3.05) is 54.1 Å². The molecule has 0 bridgehead atoms. The van der Waals surface area contributed by atoms with Gasteiger partial charge in [0.1, 0.15) is 6.04 Å². The predicted molar refractivity (Wildman–Crippen MR) is 99.1 cm³/mol. The summed E-state index contributed by atoms with van der Waals surface area (Å²) >= 11 is 0. The molecule has 1 fully saturated rings. The van der Waals surface area contributed by atoms with Crippen LogP contribution in [0.2, 0.25) is 0 Å². The molecule has 9 heteroatoms. The number of ether oxygens (including phenoxy) is 3. The molecular formula is C17H26ClN3O5. The molecule has 0 saturated carbocycles. The normalized spacial score (nSPS) is 15.1. The number of nitrogens with zero attached hydrogens (tertiary/aromatic N) is 2. The minimum absolute atomic E-state index is 0. The minimum Gasteiger partial charge on any atom is -0.493 e. The average Bonchev–Trinajstić information content (AvgIpc) is 2.66. The number of amides is 2. The molecule has 146 valence electrons. The van der Waals surface area contributed by atoms with Crippen LogP contribution in [0.25, 0.3) is 0 Å². The number of nitrogens with two attached hydrogens (primary N) is 1. The highest BCUT2D eigenvalue weighted by Gasteiger charge is 2.29. The molecule has 0 spiro atoms. The van der Waals surface area contributed by atoms with Crippen molar-refractivity contribution in [1.29, 1.82) is 0 Å². The van der Waals surface area contributed by atoms with E-state index in [0.717, 1.165) is 0 Å². The van der Waals surface area contributed by atoms with Gasteiger partial charge in [-0.3, -0.25) is 9.59 Å². The molecule has 2 amide bonds. The Morgan fingerprint density at radius 2 is 1.69 bits per heavy atom. The van der Waals surface area contributed by atoms with E-state index in [1.165, 1.54) is 21.3 Å². The fourth-order valence-corrected chi connectivity index (χ4v) is 2.84. The summed E-state index contributed by atoms with van der Waals surface area (Å²) in [5.74, 6) is 0.611. The first kappa shape index (κ1) is 22.0. The maximum absolute atomic E-state index is 12.8. The van der Waals surface area contributed by atoms with Crippen molar-refractivity contribution >= 4 is 24.2 Å². The molecule has 1 aliphatic rings. The number of para-hydroxylation sites is 1. The highest BCUT2D eigenvalue weighted by atomic mass is 35.5. The van der Waals surface area contributed by atoms with E-state index in [1.54, 1.807) is 28.0 Å². The molecule has 1 saturated heterocycles. The van der Waals surface area contributed by atoms with Crippen molar-refractivity contribution in [3.8, 4) is 11.5 Å². The third-order valence-corrected chi connectivity index (χ3v) is 4.18. The second kappa shape index (κ2) is 10.2. The van der Waals surface area contributed by atoms with E-state index in [1.807, 2.05) is 0 Å². The molecule has 0 radical (unpaired) electrons. The maximum atomic E-state index is 12.8. The van der Waals surface area contributed by atoms with Crippen LogP contribution < -0.4 is 15.2 Å². The predicted octanol–water partition coefficient (Wildman–Crippen LogP) is 0.384. The Kier molecular flexibility index (Phi) is 8.64. The number of carbonyl (C=O) groups is 2. The molecular weight excluding hydrogens is 362 g/mol. The second-order valence-electron chi connectivity index (χ2n) is 5.72. The van der Waals surface area contributed by atoms with Gasteiger partial charge in [0.25, 0.3) is 5.91 Å². The lowest BCUT2D eigenvalue weighted by atomic mass is 10.1. The average molecular weight is 388 g/mol. The van der Waals surface area contributed by atoms with Crippen molar-refractivity contribution in [3.63, 3.8) is 0 Å². The molecule has 1 unspecified atom stereocenters. The number of piperazine rings is 1. The van der Waals surface area contributed by atoms with Gasteiger partial charge in [0.15, 0.2) is 11.5 Å². The maximum Gasteiger partial charge on any atom is 0.257 e. The molecule has 8 nitrogen and oxygen atoms in total. The Balaban J connectivity index is 0.00000338. The Hall–Kier alpha value is -2.03. The number of halogens is 1. The van der Waals surface area contributed by atoms with Gasteiger partial charge in [-0.15, -0.1) is 12.4 Å². The van der Waals surface area contributed by atoms with Crippen molar-refractivity contribution in [2.24, 2.45) is 5.73 Å². The summed E-state index contributed by atoms with van der Waals surface area (Å²) in [6.45, 7) is 1.93. The molecule has 1 heterocycles. The van der Waals surface area contributed by atoms with Crippen molar-refractivity contribution < 1.29 is 23.8 Å². The largest absolute Gasteiger partial charge is 0.493 e. The molecule has 26 heavy (non-hydrogen) atoms. The monoisotopic (exact) mass is 387 g/mol. The summed E-state index contributed by atoms with van der Waals surface area (Å²) in [4.78, 5) is 28.4. The van der Waals surface area contributed by atoms with Gasteiger partial charge in [-0.2, -0.15) is 0 Å². The van der Waals surface area contributed by atoms with Crippen LogP contribution in [-0.2, 0) is 9.53 Å². The van der Waals surface area contributed by atoms with Crippen LogP contribution in [0.3, 0.4) is 0 Å². The van der Waals surface area contributed by atoms with Crippen LogP contribution in [-0.4, -0.2) is 81.8 Å². The van der Waals surface area contributed by atoms with Crippen molar-refractivity contribution in [3.05, 3.63) is 23.8 Å². The van der Waals surface area contributed by atoms with E-state index >= 15 is 0 Å². The zero-order valence-electron chi connectivity index (χ0n) is 15.3. The van der Waals surface area contributed by atoms with Crippen LogP contribution in [0.5, 0.6) is 11.5 Å². The van der Waals surface area contributed by atoms with Gasteiger partial charge in [0.2, 0.25) is 5.91 Å². The van der Waals surface area contributed by atoms with Gasteiger partial charge in [0.05, 0.1) is 26.4 Å². The summed E-state index contributed by atoms with van der Waals surface area (Å²) < 4.78 is 15.5. The number of benzene rings is 1. The molecule has 2 N–H and O–H groups in total. The van der Waals surface area contributed by atoms with E-state index in [-0.39, 0.29) is 30.8 Å². The molecule has 1 aromatic rings. The van der Waals surface area contributed by atoms with E-state index in [0.29, 0.717) is 43.2 Å². The van der Waals surface area contributed by atoms with Crippen LogP contribution in [0.4, 0.5) is 0 Å². The molecule has 2 rings (SSSR count). The third-order valence-electron chi connectivity index (χ3n) is 4.18. The summed E-state index contributed by atoms with van der Waals surface area (Å²) in [7, 11) is 4.54. The number of methoxy groups -OCH3 is 3. The number of hydrogen-bond donors (Lipinski definition) is 1. The van der Waals surface area contributed by atoms with Gasteiger partial charge < -0.3 is 29.7 Å². The highest BCUT2D eigenvalue weighted by Crippen LogP contribution is 2.31. The van der Waals surface area contributed by atoms with Gasteiger partial charge in [-0.05, 0) is 12.1 Å². The van der Waals surface area contributed by atoms with E-state index in [9.17, 15) is 9.59 Å². The van der Waals surface area contributed by atoms with Crippen LogP contribution in [0, 0.1) is 0 Å². The molecule has 1 aromatic carbocycles. The standard InChI is InChI=1S/C17H25N3O5.ClH/c1-23-11-13(18)17(22)20-9-7-19(8-10-20)16(21)12-5-4-6-14(24-2)15(12)25-3;/h4-6,13H,7-11,18H2,1-3H3;1H. The van der Waals surface area contributed by atoms with Crippen molar-refractivity contribution in [2.45, 2.75) is 6.04 Å². The Morgan fingerprint density at radius 3 is 2.23 bits per heavy atom. The summed E-state index contributed by atoms with van der Waals surface area (Å²) in [5.41, 5.74) is 6.23. The third kappa shape index (κ3) is 4.78. The van der Waals surface area contributed by atoms with E-state index in [2.05, 4.69) is 0 Å². The van der Waals surface area contributed by atoms with Gasteiger partial charge in [0, 0.05) is 33.3 Å². The fraction of sp³-hybridized carbons (Fsp3) is 0.529. The topological polar surface area (TPSA) is 94.3 Å².